The van der Waals surface area contributed by atoms with Crippen molar-refractivity contribution in [2.75, 3.05) is 6.61 Å². The SMILES string of the molecule is OCCCC(C1=CC=CC1)C1=CC=CC1.[Cl-].[Cl-].[Cl-].[Ti+3]. The number of aliphatic hydroxyl groups is 1. The van der Waals surface area contributed by atoms with Crippen molar-refractivity contribution in [1.82, 2.24) is 0 Å². The van der Waals surface area contributed by atoms with Crippen LogP contribution in [0.3, 0.4) is 0 Å². The number of rotatable bonds is 5. The number of aliphatic hydroxyl groups excluding tert-OH is 1. The van der Waals surface area contributed by atoms with Gasteiger partial charge in [0.25, 0.3) is 0 Å². The van der Waals surface area contributed by atoms with Gasteiger partial charge in [-0.05, 0) is 25.7 Å². The van der Waals surface area contributed by atoms with E-state index >= 15 is 0 Å². The van der Waals surface area contributed by atoms with Crippen molar-refractivity contribution in [3.05, 3.63) is 47.6 Å². The van der Waals surface area contributed by atoms with Crippen molar-refractivity contribution < 1.29 is 64.0 Å². The van der Waals surface area contributed by atoms with Gasteiger partial charge in [-0.15, -0.1) is 0 Å². The van der Waals surface area contributed by atoms with Crippen molar-refractivity contribution in [3.63, 3.8) is 0 Å². The molecule has 1 N–H and O–H groups in total. The summed E-state index contributed by atoms with van der Waals surface area (Å²) in [5, 5.41) is 8.93. The van der Waals surface area contributed by atoms with Crippen LogP contribution >= 0.6 is 0 Å². The maximum Gasteiger partial charge on any atom is 3.00 e. The molecule has 0 saturated carbocycles. The Balaban J connectivity index is -0.000000640. The van der Waals surface area contributed by atoms with Crippen LogP contribution in [0.4, 0.5) is 0 Å². The molecule has 0 aromatic rings. The van der Waals surface area contributed by atoms with Crippen molar-refractivity contribution in [1.29, 1.82) is 0 Å². The first-order valence-corrected chi connectivity index (χ1v) is 5.74. The van der Waals surface area contributed by atoms with E-state index in [1.165, 1.54) is 11.1 Å². The first-order chi connectivity index (χ1) is 7.42. The van der Waals surface area contributed by atoms with Crippen LogP contribution in [0.25, 0.3) is 0 Å². The molecule has 0 aliphatic heterocycles. The van der Waals surface area contributed by atoms with Crippen molar-refractivity contribution in [2.45, 2.75) is 25.7 Å². The minimum atomic E-state index is 0. The van der Waals surface area contributed by atoms with E-state index in [1.807, 2.05) is 0 Å². The Kier molecular flexibility index (Phi) is 17.4. The molecule has 0 aromatic heterocycles. The van der Waals surface area contributed by atoms with Gasteiger partial charge in [-0.2, -0.15) is 0 Å². The molecule has 2 aliphatic rings. The largest absolute Gasteiger partial charge is 3.00 e. The van der Waals surface area contributed by atoms with Crippen LogP contribution in [-0.4, -0.2) is 11.7 Å². The predicted molar refractivity (Wildman–Crippen MR) is 63.5 cm³/mol. The molecular formula is C14H18Cl3OTi. The maximum atomic E-state index is 8.93. The molecule has 1 radical (unpaired) electrons. The molecule has 0 atom stereocenters. The van der Waals surface area contributed by atoms with Gasteiger partial charge in [-0.1, -0.05) is 47.6 Å². The molecule has 5 heteroatoms. The third kappa shape index (κ3) is 7.18. The van der Waals surface area contributed by atoms with E-state index in [1.54, 1.807) is 0 Å². The van der Waals surface area contributed by atoms with Crippen LogP contribution in [0.2, 0.25) is 0 Å². The quantitative estimate of drug-likeness (QED) is 0.487. The number of halogens is 3. The summed E-state index contributed by atoms with van der Waals surface area (Å²) < 4.78 is 0. The number of allylic oxidation sites excluding steroid dienone is 8. The molecule has 0 amide bonds. The Bertz CT molecular complexity index is 319. The molecule has 0 heterocycles. The van der Waals surface area contributed by atoms with Gasteiger partial charge in [0.1, 0.15) is 0 Å². The molecule has 19 heavy (non-hydrogen) atoms. The number of hydrogen-bond donors (Lipinski definition) is 1. The Morgan fingerprint density at radius 2 is 1.42 bits per heavy atom. The summed E-state index contributed by atoms with van der Waals surface area (Å²) in [6, 6.07) is 0. The second-order valence-electron chi connectivity index (χ2n) is 4.17. The average Bonchev–Trinajstić information content (AvgIpc) is 2.90. The summed E-state index contributed by atoms with van der Waals surface area (Å²) in [4.78, 5) is 0. The van der Waals surface area contributed by atoms with Crippen LogP contribution in [0.5, 0.6) is 0 Å². The monoisotopic (exact) mass is 355 g/mol. The van der Waals surface area contributed by atoms with Gasteiger partial charge in [-0.25, -0.2) is 0 Å². The standard InChI is InChI=1S/C14H18O.3ClH.Ti/c15-11-5-10-14(12-6-1-2-7-12)13-8-3-4-9-13;;;;/h1-4,6,8,14-15H,5,7,9-11H2;3*1H;/q;;;;+3/p-3. The first-order valence-electron chi connectivity index (χ1n) is 5.74. The van der Waals surface area contributed by atoms with Crippen LogP contribution in [-0.2, 0) is 21.7 Å². The van der Waals surface area contributed by atoms with Gasteiger partial charge < -0.3 is 42.3 Å². The molecule has 0 bridgehead atoms. The summed E-state index contributed by atoms with van der Waals surface area (Å²) in [5.74, 6) is 0.558. The van der Waals surface area contributed by atoms with E-state index in [2.05, 4.69) is 36.5 Å². The summed E-state index contributed by atoms with van der Waals surface area (Å²) in [6.45, 7) is 0.303. The van der Waals surface area contributed by atoms with Crippen LogP contribution in [0.1, 0.15) is 25.7 Å². The van der Waals surface area contributed by atoms with E-state index in [0.717, 1.165) is 25.7 Å². The molecule has 1 nitrogen and oxygen atoms in total. The van der Waals surface area contributed by atoms with Crippen molar-refractivity contribution in [3.8, 4) is 0 Å². The smallest absolute Gasteiger partial charge is 1.00 e. The first kappa shape index (κ1) is 24.5. The molecule has 0 fully saturated rings. The molecule has 0 saturated heterocycles. The zero-order valence-electron chi connectivity index (χ0n) is 10.7. The zero-order chi connectivity index (χ0) is 10.5. The molecule has 0 aromatic carbocycles. The Morgan fingerprint density at radius 3 is 1.74 bits per heavy atom. The van der Waals surface area contributed by atoms with Gasteiger partial charge >= 0.3 is 21.7 Å². The second-order valence-corrected chi connectivity index (χ2v) is 4.17. The fraction of sp³-hybridized carbons (Fsp3) is 0.429. The minimum Gasteiger partial charge on any atom is -1.00 e. The molecule has 2 rings (SSSR count). The van der Waals surface area contributed by atoms with Crippen molar-refractivity contribution >= 4 is 0 Å². The third-order valence-corrected chi connectivity index (χ3v) is 3.15. The summed E-state index contributed by atoms with van der Waals surface area (Å²) in [5.41, 5.74) is 3.02. The van der Waals surface area contributed by atoms with Crippen molar-refractivity contribution in [2.24, 2.45) is 5.92 Å². The van der Waals surface area contributed by atoms with Crippen LogP contribution in [0.15, 0.2) is 47.6 Å². The van der Waals surface area contributed by atoms with Gasteiger partial charge in [-0.3, -0.25) is 0 Å². The van der Waals surface area contributed by atoms with E-state index in [9.17, 15) is 0 Å². The van der Waals surface area contributed by atoms with Crippen LogP contribution in [0, 0.1) is 5.92 Å². The van der Waals surface area contributed by atoms with Gasteiger partial charge in [0.15, 0.2) is 0 Å². The second kappa shape index (κ2) is 13.5. The molecular weight excluding hydrogens is 338 g/mol. The van der Waals surface area contributed by atoms with E-state index in [0.29, 0.717) is 12.5 Å². The van der Waals surface area contributed by atoms with Gasteiger partial charge in [0.2, 0.25) is 0 Å². The molecule has 2 aliphatic carbocycles. The zero-order valence-corrected chi connectivity index (χ0v) is 14.5. The molecule has 105 valence electrons. The summed E-state index contributed by atoms with van der Waals surface area (Å²) in [7, 11) is 0. The van der Waals surface area contributed by atoms with E-state index in [4.69, 9.17) is 5.11 Å². The summed E-state index contributed by atoms with van der Waals surface area (Å²) >= 11 is 0. The minimum absolute atomic E-state index is 0. The average molecular weight is 357 g/mol. The summed E-state index contributed by atoms with van der Waals surface area (Å²) in [6.07, 6.45) is 17.4. The Hall–Kier alpha value is 0.504. The van der Waals surface area contributed by atoms with Crippen LogP contribution < -0.4 is 37.2 Å². The van der Waals surface area contributed by atoms with Gasteiger partial charge in [0.05, 0.1) is 0 Å². The Labute approximate surface area is 149 Å². The van der Waals surface area contributed by atoms with Gasteiger partial charge in [0, 0.05) is 12.5 Å². The van der Waals surface area contributed by atoms with E-state index in [-0.39, 0.29) is 58.9 Å². The molecule has 0 spiro atoms. The fourth-order valence-corrected chi connectivity index (χ4v) is 2.35. The Morgan fingerprint density at radius 1 is 0.947 bits per heavy atom. The number of hydrogen-bond acceptors (Lipinski definition) is 1. The maximum absolute atomic E-state index is 8.93. The molecule has 0 unspecified atom stereocenters. The predicted octanol–water partition coefficient (Wildman–Crippen LogP) is -5.84. The topological polar surface area (TPSA) is 20.2 Å². The fourth-order valence-electron chi connectivity index (χ4n) is 2.35. The normalized spacial score (nSPS) is 14.8. The third-order valence-electron chi connectivity index (χ3n) is 3.15. The van der Waals surface area contributed by atoms with E-state index < -0.39 is 0 Å².